The van der Waals surface area contributed by atoms with Crippen LogP contribution in [0.1, 0.15) is 58.1 Å². The molecule has 1 fully saturated rings. The summed E-state index contributed by atoms with van der Waals surface area (Å²) in [5, 5.41) is 3.44. The van der Waals surface area contributed by atoms with Gasteiger partial charge in [0.05, 0.1) is 12.2 Å². The maximum Gasteiger partial charge on any atom is 0.123 e. The average molecular weight is 293 g/mol. The van der Waals surface area contributed by atoms with E-state index in [1.807, 2.05) is 12.1 Å². The van der Waals surface area contributed by atoms with Gasteiger partial charge in [0.1, 0.15) is 5.82 Å². The highest BCUT2D eigenvalue weighted by atomic mass is 19.1. The van der Waals surface area contributed by atoms with Crippen LogP contribution in [-0.2, 0) is 4.74 Å². The molecule has 2 nitrogen and oxygen atoms in total. The molecule has 3 atom stereocenters. The van der Waals surface area contributed by atoms with Crippen LogP contribution in [0.25, 0.3) is 0 Å². The van der Waals surface area contributed by atoms with Gasteiger partial charge in [-0.1, -0.05) is 45.7 Å². The van der Waals surface area contributed by atoms with Gasteiger partial charge < -0.3 is 10.1 Å². The summed E-state index contributed by atoms with van der Waals surface area (Å²) in [6, 6.07) is 7.14. The third-order valence-corrected chi connectivity index (χ3v) is 4.20. The standard InChI is InChI=1S/C18H28FNO/c1-13(2)20-12-18(15-7-9-16(19)10-8-15)21-17-6-4-5-14(3)11-17/h7-10,13-14,17-18,20H,4-6,11-12H2,1-3H3. The second kappa shape index (κ2) is 7.90. The molecule has 0 saturated heterocycles. The summed E-state index contributed by atoms with van der Waals surface area (Å²) < 4.78 is 19.5. The minimum absolute atomic E-state index is 0.00306. The highest BCUT2D eigenvalue weighted by molar-refractivity contribution is 5.19. The lowest BCUT2D eigenvalue weighted by atomic mass is 9.88. The van der Waals surface area contributed by atoms with E-state index < -0.39 is 0 Å². The van der Waals surface area contributed by atoms with Gasteiger partial charge in [-0.2, -0.15) is 0 Å². The number of hydrogen-bond acceptors (Lipinski definition) is 2. The predicted octanol–water partition coefficient (Wildman–Crippen LogP) is 4.46. The fourth-order valence-corrected chi connectivity index (χ4v) is 3.00. The smallest absolute Gasteiger partial charge is 0.123 e. The molecule has 3 unspecified atom stereocenters. The number of ether oxygens (including phenoxy) is 1. The van der Waals surface area contributed by atoms with Gasteiger partial charge in [-0.3, -0.25) is 0 Å². The first-order valence-corrected chi connectivity index (χ1v) is 8.19. The summed E-state index contributed by atoms with van der Waals surface area (Å²) in [6.07, 6.45) is 5.18. The van der Waals surface area contributed by atoms with Crippen LogP contribution in [0, 0.1) is 11.7 Å². The van der Waals surface area contributed by atoms with Crippen molar-refractivity contribution < 1.29 is 9.13 Å². The van der Waals surface area contributed by atoms with E-state index in [-0.39, 0.29) is 11.9 Å². The number of hydrogen-bond donors (Lipinski definition) is 1. The largest absolute Gasteiger partial charge is 0.369 e. The van der Waals surface area contributed by atoms with Gasteiger partial charge >= 0.3 is 0 Å². The van der Waals surface area contributed by atoms with Crippen molar-refractivity contribution in [1.29, 1.82) is 0 Å². The van der Waals surface area contributed by atoms with Crippen molar-refractivity contribution in [3.8, 4) is 0 Å². The topological polar surface area (TPSA) is 21.3 Å². The minimum atomic E-state index is -0.194. The number of nitrogens with one attached hydrogen (secondary N) is 1. The Labute approximate surface area is 128 Å². The van der Waals surface area contributed by atoms with E-state index in [0.717, 1.165) is 30.9 Å². The molecule has 1 aliphatic carbocycles. The number of halogens is 1. The summed E-state index contributed by atoms with van der Waals surface area (Å²) in [7, 11) is 0. The molecule has 1 saturated carbocycles. The van der Waals surface area contributed by atoms with Gasteiger partial charge in [0.25, 0.3) is 0 Å². The van der Waals surface area contributed by atoms with Crippen LogP contribution >= 0.6 is 0 Å². The van der Waals surface area contributed by atoms with Crippen molar-refractivity contribution in [2.45, 2.75) is 64.7 Å². The summed E-state index contributed by atoms with van der Waals surface area (Å²) in [6.45, 7) is 7.33. The fraction of sp³-hybridized carbons (Fsp3) is 0.667. The first-order valence-electron chi connectivity index (χ1n) is 8.19. The minimum Gasteiger partial charge on any atom is -0.369 e. The Morgan fingerprint density at radius 3 is 2.57 bits per heavy atom. The van der Waals surface area contributed by atoms with Crippen molar-refractivity contribution in [3.05, 3.63) is 35.6 Å². The molecule has 1 aromatic carbocycles. The molecule has 1 N–H and O–H groups in total. The molecule has 1 aromatic rings. The summed E-state index contributed by atoms with van der Waals surface area (Å²) >= 11 is 0. The molecule has 21 heavy (non-hydrogen) atoms. The van der Waals surface area contributed by atoms with Crippen molar-refractivity contribution >= 4 is 0 Å². The molecule has 0 aromatic heterocycles. The fourth-order valence-electron chi connectivity index (χ4n) is 3.00. The van der Waals surface area contributed by atoms with Crippen LogP contribution in [0.4, 0.5) is 4.39 Å². The average Bonchev–Trinajstić information content (AvgIpc) is 2.44. The molecule has 0 bridgehead atoms. The number of benzene rings is 1. The van der Waals surface area contributed by atoms with E-state index in [9.17, 15) is 4.39 Å². The van der Waals surface area contributed by atoms with Crippen LogP contribution in [0.2, 0.25) is 0 Å². The molecule has 0 spiro atoms. The SMILES string of the molecule is CC1CCCC(OC(CNC(C)C)c2ccc(F)cc2)C1. The molecule has 118 valence electrons. The van der Waals surface area contributed by atoms with Gasteiger partial charge in [-0.15, -0.1) is 0 Å². The second-order valence-corrected chi connectivity index (χ2v) is 6.63. The zero-order valence-corrected chi connectivity index (χ0v) is 13.4. The van der Waals surface area contributed by atoms with Crippen molar-refractivity contribution in [3.63, 3.8) is 0 Å². The van der Waals surface area contributed by atoms with Crippen LogP contribution in [0.3, 0.4) is 0 Å². The lowest BCUT2D eigenvalue weighted by molar-refractivity contribution is -0.0401. The van der Waals surface area contributed by atoms with E-state index in [1.54, 1.807) is 0 Å². The molecule has 3 heteroatoms. The molecule has 0 aliphatic heterocycles. The van der Waals surface area contributed by atoms with Gasteiger partial charge in [-0.25, -0.2) is 4.39 Å². The lowest BCUT2D eigenvalue weighted by Gasteiger charge is -2.31. The third kappa shape index (κ3) is 5.40. The molecule has 0 amide bonds. The highest BCUT2D eigenvalue weighted by Gasteiger charge is 2.23. The van der Waals surface area contributed by atoms with Crippen LogP contribution < -0.4 is 5.32 Å². The highest BCUT2D eigenvalue weighted by Crippen LogP contribution is 2.30. The van der Waals surface area contributed by atoms with Gasteiger partial charge in [0, 0.05) is 12.6 Å². The molecule has 0 radical (unpaired) electrons. The zero-order valence-electron chi connectivity index (χ0n) is 13.4. The molecule has 2 rings (SSSR count). The third-order valence-electron chi connectivity index (χ3n) is 4.20. The Balaban J connectivity index is 2.02. The summed E-state index contributed by atoms with van der Waals surface area (Å²) in [5.74, 6) is 0.552. The quantitative estimate of drug-likeness (QED) is 0.836. The van der Waals surface area contributed by atoms with E-state index in [0.29, 0.717) is 12.1 Å². The first kappa shape index (κ1) is 16.4. The predicted molar refractivity (Wildman–Crippen MR) is 84.8 cm³/mol. The maximum atomic E-state index is 13.1. The van der Waals surface area contributed by atoms with Gasteiger partial charge in [-0.05, 0) is 36.5 Å². The Bertz CT molecular complexity index is 418. The van der Waals surface area contributed by atoms with E-state index in [2.05, 4.69) is 26.1 Å². The Hall–Kier alpha value is -0.930. The normalized spacial score (nSPS) is 24.2. The Kier molecular flexibility index (Phi) is 6.19. The Morgan fingerprint density at radius 1 is 1.24 bits per heavy atom. The van der Waals surface area contributed by atoms with E-state index >= 15 is 0 Å². The van der Waals surface area contributed by atoms with E-state index in [1.165, 1.54) is 25.0 Å². The molecule has 1 aliphatic rings. The summed E-state index contributed by atoms with van der Waals surface area (Å²) in [4.78, 5) is 0. The van der Waals surface area contributed by atoms with Crippen LogP contribution in [0.15, 0.2) is 24.3 Å². The van der Waals surface area contributed by atoms with Crippen molar-refractivity contribution in [1.82, 2.24) is 5.32 Å². The van der Waals surface area contributed by atoms with Crippen LogP contribution in [-0.4, -0.2) is 18.7 Å². The number of rotatable bonds is 6. The summed E-state index contributed by atoms with van der Waals surface area (Å²) in [5.41, 5.74) is 1.06. The lowest BCUT2D eigenvalue weighted by Crippen LogP contribution is -2.32. The Morgan fingerprint density at radius 2 is 1.95 bits per heavy atom. The maximum absolute atomic E-state index is 13.1. The van der Waals surface area contributed by atoms with Gasteiger partial charge in [0.2, 0.25) is 0 Å². The zero-order chi connectivity index (χ0) is 15.2. The van der Waals surface area contributed by atoms with Gasteiger partial charge in [0.15, 0.2) is 0 Å². The van der Waals surface area contributed by atoms with Crippen molar-refractivity contribution in [2.24, 2.45) is 5.92 Å². The van der Waals surface area contributed by atoms with E-state index in [4.69, 9.17) is 4.74 Å². The van der Waals surface area contributed by atoms with Crippen molar-refractivity contribution in [2.75, 3.05) is 6.54 Å². The molecular weight excluding hydrogens is 265 g/mol. The van der Waals surface area contributed by atoms with Crippen LogP contribution in [0.5, 0.6) is 0 Å². The second-order valence-electron chi connectivity index (χ2n) is 6.63. The first-order chi connectivity index (χ1) is 10.0. The molecule has 0 heterocycles. The monoisotopic (exact) mass is 293 g/mol. The molecular formula is C18H28FNO.